The first-order chi connectivity index (χ1) is 8.10. The van der Waals surface area contributed by atoms with Crippen LogP contribution in [-0.4, -0.2) is 33.5 Å². The van der Waals surface area contributed by atoms with Gasteiger partial charge in [-0.2, -0.15) is 11.8 Å². The topological polar surface area (TPSA) is 72.2 Å². The van der Waals surface area contributed by atoms with E-state index in [4.69, 9.17) is 5.73 Å². The van der Waals surface area contributed by atoms with E-state index in [-0.39, 0.29) is 0 Å². The second kappa shape index (κ2) is 7.38. The third kappa shape index (κ3) is 4.97. The number of thiophene rings is 1. The van der Waals surface area contributed by atoms with Gasteiger partial charge < -0.3 is 5.73 Å². The second-order valence-corrected chi connectivity index (χ2v) is 7.65. The highest BCUT2D eigenvalue weighted by atomic mass is 32.2. The fourth-order valence-electron chi connectivity index (χ4n) is 1.27. The Kier molecular flexibility index (Phi) is 6.50. The van der Waals surface area contributed by atoms with E-state index in [1.54, 1.807) is 17.8 Å². The molecule has 0 saturated heterocycles. The van der Waals surface area contributed by atoms with Crippen LogP contribution < -0.4 is 10.5 Å². The average Bonchev–Trinajstić information content (AvgIpc) is 2.74. The van der Waals surface area contributed by atoms with Gasteiger partial charge in [0.15, 0.2) is 0 Å². The number of sulfonamides is 1. The third-order valence-corrected chi connectivity index (χ3v) is 5.90. The van der Waals surface area contributed by atoms with E-state index in [1.165, 1.54) is 11.3 Å². The van der Waals surface area contributed by atoms with Gasteiger partial charge >= 0.3 is 0 Å². The smallest absolute Gasteiger partial charge is 0.250 e. The molecule has 1 aromatic rings. The first-order valence-electron chi connectivity index (χ1n) is 5.37. The van der Waals surface area contributed by atoms with Gasteiger partial charge in [-0.05, 0) is 43.5 Å². The van der Waals surface area contributed by atoms with Gasteiger partial charge in [-0.1, -0.05) is 0 Å². The number of rotatable bonds is 8. The standard InChI is InChI=1S/C10H18N2O2S3/c1-15-8-2-7-12-17(13,14)10-4-3-9(16-10)5-6-11/h3-4,12H,2,5-8,11H2,1H3. The molecule has 0 unspecified atom stereocenters. The van der Waals surface area contributed by atoms with Crippen molar-refractivity contribution in [1.82, 2.24) is 4.72 Å². The summed E-state index contributed by atoms with van der Waals surface area (Å²) in [7, 11) is -3.32. The van der Waals surface area contributed by atoms with Crippen molar-refractivity contribution in [1.29, 1.82) is 0 Å². The summed E-state index contributed by atoms with van der Waals surface area (Å²) in [5.74, 6) is 0.964. The van der Waals surface area contributed by atoms with E-state index >= 15 is 0 Å². The molecule has 0 saturated carbocycles. The lowest BCUT2D eigenvalue weighted by molar-refractivity contribution is 0.583. The molecule has 0 amide bonds. The number of nitrogens with two attached hydrogens (primary N) is 1. The maximum atomic E-state index is 11.9. The lowest BCUT2D eigenvalue weighted by Gasteiger charge is -2.03. The Bertz CT molecular complexity index is 429. The molecule has 0 aliphatic carbocycles. The molecule has 3 N–H and O–H groups in total. The van der Waals surface area contributed by atoms with Gasteiger partial charge in [0.05, 0.1) is 0 Å². The Labute approximate surface area is 111 Å². The van der Waals surface area contributed by atoms with Crippen LogP contribution in [0.4, 0.5) is 0 Å². The molecule has 0 atom stereocenters. The highest BCUT2D eigenvalue weighted by Gasteiger charge is 2.15. The zero-order valence-electron chi connectivity index (χ0n) is 9.81. The summed E-state index contributed by atoms with van der Waals surface area (Å²) in [4.78, 5) is 1.01. The summed E-state index contributed by atoms with van der Waals surface area (Å²) in [5, 5.41) is 0. The van der Waals surface area contributed by atoms with Gasteiger partial charge in [-0.3, -0.25) is 0 Å². The van der Waals surface area contributed by atoms with E-state index < -0.39 is 10.0 Å². The van der Waals surface area contributed by atoms with E-state index in [2.05, 4.69) is 4.72 Å². The van der Waals surface area contributed by atoms with Crippen molar-refractivity contribution in [2.45, 2.75) is 17.1 Å². The number of hydrogen-bond donors (Lipinski definition) is 2. The fourth-order valence-corrected chi connectivity index (χ4v) is 4.20. The van der Waals surface area contributed by atoms with Crippen LogP contribution in [0, 0.1) is 0 Å². The van der Waals surface area contributed by atoms with Crippen LogP contribution in [0.3, 0.4) is 0 Å². The van der Waals surface area contributed by atoms with Crippen molar-refractivity contribution in [3.8, 4) is 0 Å². The quantitative estimate of drug-likeness (QED) is 0.709. The number of hydrogen-bond acceptors (Lipinski definition) is 5. The predicted octanol–water partition coefficient (Wildman–Crippen LogP) is 1.28. The largest absolute Gasteiger partial charge is 0.330 e. The zero-order chi connectivity index (χ0) is 12.7. The van der Waals surface area contributed by atoms with Gasteiger partial charge in [-0.25, -0.2) is 13.1 Å². The molecular weight excluding hydrogens is 276 g/mol. The molecule has 0 spiro atoms. The van der Waals surface area contributed by atoms with Gasteiger partial charge in [0, 0.05) is 11.4 Å². The normalized spacial score (nSPS) is 11.9. The van der Waals surface area contributed by atoms with Crippen LogP contribution >= 0.6 is 23.1 Å². The summed E-state index contributed by atoms with van der Waals surface area (Å²) in [6.45, 7) is 1.04. The summed E-state index contributed by atoms with van der Waals surface area (Å²) in [5.41, 5.74) is 5.43. The summed E-state index contributed by atoms with van der Waals surface area (Å²) in [6, 6.07) is 3.47. The Morgan fingerprint density at radius 2 is 2.24 bits per heavy atom. The van der Waals surface area contributed by atoms with E-state index in [1.807, 2.05) is 12.3 Å². The van der Waals surface area contributed by atoms with Gasteiger partial charge in [0.25, 0.3) is 0 Å². The lowest BCUT2D eigenvalue weighted by atomic mass is 10.3. The van der Waals surface area contributed by atoms with Crippen molar-refractivity contribution in [2.24, 2.45) is 5.73 Å². The number of nitrogens with one attached hydrogen (secondary N) is 1. The van der Waals surface area contributed by atoms with E-state index in [0.717, 1.165) is 23.5 Å². The molecule has 1 heterocycles. The molecule has 0 aliphatic heterocycles. The minimum Gasteiger partial charge on any atom is -0.330 e. The summed E-state index contributed by atoms with van der Waals surface area (Å²) in [6.07, 6.45) is 3.58. The molecule has 4 nitrogen and oxygen atoms in total. The first kappa shape index (κ1) is 15.0. The Morgan fingerprint density at radius 3 is 2.88 bits per heavy atom. The molecule has 1 rings (SSSR count). The van der Waals surface area contributed by atoms with Crippen molar-refractivity contribution in [3.63, 3.8) is 0 Å². The molecule has 0 aromatic carbocycles. The SMILES string of the molecule is CSCCCNS(=O)(=O)c1ccc(CCN)s1. The summed E-state index contributed by atoms with van der Waals surface area (Å²) < 4.78 is 26.7. The number of thioether (sulfide) groups is 1. The third-order valence-electron chi connectivity index (χ3n) is 2.11. The maximum absolute atomic E-state index is 11.9. The Hall–Kier alpha value is -0.0800. The van der Waals surface area contributed by atoms with Crippen LogP contribution in [0.2, 0.25) is 0 Å². The van der Waals surface area contributed by atoms with E-state index in [0.29, 0.717) is 17.3 Å². The Morgan fingerprint density at radius 1 is 1.47 bits per heavy atom. The molecule has 1 aromatic heterocycles. The molecule has 17 heavy (non-hydrogen) atoms. The van der Waals surface area contributed by atoms with Crippen molar-refractivity contribution >= 4 is 33.1 Å². The zero-order valence-corrected chi connectivity index (χ0v) is 12.3. The highest BCUT2D eigenvalue weighted by Crippen LogP contribution is 2.21. The molecule has 7 heteroatoms. The van der Waals surface area contributed by atoms with Gasteiger partial charge in [-0.15, -0.1) is 11.3 Å². The van der Waals surface area contributed by atoms with Crippen LogP contribution in [-0.2, 0) is 16.4 Å². The van der Waals surface area contributed by atoms with Crippen LogP contribution in [0.15, 0.2) is 16.3 Å². The van der Waals surface area contributed by atoms with E-state index in [9.17, 15) is 8.42 Å². The first-order valence-corrected chi connectivity index (χ1v) is 9.07. The lowest BCUT2D eigenvalue weighted by Crippen LogP contribution is -2.24. The monoisotopic (exact) mass is 294 g/mol. The van der Waals surface area contributed by atoms with Crippen LogP contribution in [0.25, 0.3) is 0 Å². The minimum atomic E-state index is -3.32. The maximum Gasteiger partial charge on any atom is 0.250 e. The molecule has 98 valence electrons. The molecule has 0 fully saturated rings. The van der Waals surface area contributed by atoms with Gasteiger partial charge in [0.1, 0.15) is 4.21 Å². The molecule has 0 bridgehead atoms. The van der Waals surface area contributed by atoms with Crippen molar-refractivity contribution < 1.29 is 8.42 Å². The van der Waals surface area contributed by atoms with Crippen LogP contribution in [0.1, 0.15) is 11.3 Å². The molecular formula is C10H18N2O2S3. The van der Waals surface area contributed by atoms with Gasteiger partial charge in [0.2, 0.25) is 10.0 Å². The second-order valence-electron chi connectivity index (χ2n) is 3.50. The van der Waals surface area contributed by atoms with Crippen molar-refractivity contribution in [3.05, 3.63) is 17.0 Å². The molecule has 0 aliphatic rings. The highest BCUT2D eigenvalue weighted by molar-refractivity contribution is 7.98. The fraction of sp³-hybridized carbons (Fsp3) is 0.600. The van der Waals surface area contributed by atoms with Crippen molar-refractivity contribution in [2.75, 3.05) is 25.1 Å². The summed E-state index contributed by atoms with van der Waals surface area (Å²) >= 11 is 3.01. The molecule has 0 radical (unpaired) electrons. The minimum absolute atomic E-state index is 0.380. The average molecular weight is 294 g/mol. The Balaban J connectivity index is 2.56. The van der Waals surface area contributed by atoms with Crippen LogP contribution in [0.5, 0.6) is 0 Å². The predicted molar refractivity (Wildman–Crippen MR) is 75.3 cm³/mol.